The van der Waals surface area contributed by atoms with Crippen molar-refractivity contribution in [3.8, 4) is 0 Å². The van der Waals surface area contributed by atoms with Crippen LogP contribution in [-0.2, 0) is 9.59 Å². The van der Waals surface area contributed by atoms with Crippen LogP contribution in [0.1, 0.15) is 66.7 Å². The van der Waals surface area contributed by atoms with Crippen LogP contribution >= 0.6 is 0 Å². The molecule has 0 aliphatic heterocycles. The van der Waals surface area contributed by atoms with Crippen LogP contribution in [0.3, 0.4) is 0 Å². The first-order valence-electron chi connectivity index (χ1n) is 9.31. The van der Waals surface area contributed by atoms with E-state index < -0.39 is 6.04 Å². The molecule has 0 aromatic heterocycles. The van der Waals surface area contributed by atoms with Gasteiger partial charge < -0.3 is 10.2 Å². The van der Waals surface area contributed by atoms with Gasteiger partial charge in [-0.3, -0.25) is 9.59 Å². The summed E-state index contributed by atoms with van der Waals surface area (Å²) < 4.78 is 0. The fourth-order valence-corrected chi connectivity index (χ4v) is 3.63. The molecule has 1 aliphatic rings. The predicted molar refractivity (Wildman–Crippen MR) is 99.6 cm³/mol. The van der Waals surface area contributed by atoms with Gasteiger partial charge in [0, 0.05) is 12.6 Å². The van der Waals surface area contributed by atoms with Gasteiger partial charge in [-0.2, -0.15) is 0 Å². The number of amides is 2. The average Bonchev–Trinajstić information content (AvgIpc) is 2.50. The summed E-state index contributed by atoms with van der Waals surface area (Å²) in [5.41, 5.74) is -0.157. The van der Waals surface area contributed by atoms with Gasteiger partial charge in [-0.15, -0.1) is 0 Å². The molecule has 2 amide bonds. The van der Waals surface area contributed by atoms with Gasteiger partial charge in [0.25, 0.3) is 0 Å². The van der Waals surface area contributed by atoms with E-state index in [4.69, 9.17) is 0 Å². The normalized spacial score (nSPS) is 25.4. The summed E-state index contributed by atoms with van der Waals surface area (Å²) in [5, 5.41) is 3.25. The lowest BCUT2D eigenvalue weighted by atomic mass is 9.73. The van der Waals surface area contributed by atoms with Crippen molar-refractivity contribution in [1.82, 2.24) is 10.2 Å². The molecule has 1 aliphatic carbocycles. The van der Waals surface area contributed by atoms with E-state index in [9.17, 15) is 9.59 Å². The first-order valence-corrected chi connectivity index (χ1v) is 9.31. The molecule has 24 heavy (non-hydrogen) atoms. The molecule has 138 valence electrons. The Balaban J connectivity index is 2.77. The topological polar surface area (TPSA) is 49.4 Å². The largest absolute Gasteiger partial charge is 0.349 e. The third-order valence-electron chi connectivity index (χ3n) is 5.49. The van der Waals surface area contributed by atoms with E-state index in [0.29, 0.717) is 18.3 Å². The van der Waals surface area contributed by atoms with Crippen molar-refractivity contribution in [3.05, 3.63) is 12.7 Å². The number of hydrogen-bond donors (Lipinski definition) is 1. The van der Waals surface area contributed by atoms with Crippen LogP contribution < -0.4 is 5.32 Å². The highest BCUT2D eigenvalue weighted by Crippen LogP contribution is 2.35. The van der Waals surface area contributed by atoms with Crippen molar-refractivity contribution < 1.29 is 9.59 Å². The maximum Gasteiger partial charge on any atom is 0.246 e. The molecule has 0 aromatic rings. The molecule has 0 spiro atoms. The molecule has 0 heterocycles. The van der Waals surface area contributed by atoms with Gasteiger partial charge in [0.15, 0.2) is 0 Å². The first kappa shape index (κ1) is 20.7. The number of carbonyl (C=O) groups is 2. The fourth-order valence-electron chi connectivity index (χ4n) is 3.63. The van der Waals surface area contributed by atoms with Gasteiger partial charge in [-0.05, 0) is 62.9 Å². The SMILES string of the molecule is C=CC(=O)N(C)[C@@H](CC(C)C)C(=O)NC1(C)CCC(C(C)C)CC1. The van der Waals surface area contributed by atoms with Crippen LogP contribution in [0.15, 0.2) is 12.7 Å². The van der Waals surface area contributed by atoms with E-state index >= 15 is 0 Å². The van der Waals surface area contributed by atoms with Crippen LogP contribution in [0, 0.1) is 17.8 Å². The molecule has 0 bridgehead atoms. The Labute approximate surface area is 148 Å². The van der Waals surface area contributed by atoms with Crippen LogP contribution in [0.25, 0.3) is 0 Å². The highest BCUT2D eigenvalue weighted by atomic mass is 16.2. The molecule has 0 unspecified atom stereocenters. The van der Waals surface area contributed by atoms with Gasteiger partial charge in [-0.25, -0.2) is 0 Å². The lowest BCUT2D eigenvalue weighted by Crippen LogP contribution is -2.56. The Morgan fingerprint density at radius 1 is 1.25 bits per heavy atom. The minimum Gasteiger partial charge on any atom is -0.349 e. The van der Waals surface area contributed by atoms with Crippen molar-refractivity contribution in [2.24, 2.45) is 17.8 Å². The van der Waals surface area contributed by atoms with Gasteiger partial charge in [0.05, 0.1) is 0 Å². The van der Waals surface area contributed by atoms with E-state index in [1.807, 2.05) is 0 Å². The third kappa shape index (κ3) is 5.64. The van der Waals surface area contributed by atoms with Crippen LogP contribution in [0.2, 0.25) is 0 Å². The van der Waals surface area contributed by atoms with Crippen LogP contribution in [0.5, 0.6) is 0 Å². The summed E-state index contributed by atoms with van der Waals surface area (Å²) in [6.07, 6.45) is 6.27. The number of nitrogens with zero attached hydrogens (tertiary/aromatic N) is 1. The maximum atomic E-state index is 12.9. The summed E-state index contributed by atoms with van der Waals surface area (Å²) in [4.78, 5) is 26.4. The van der Waals surface area contributed by atoms with Crippen molar-refractivity contribution in [1.29, 1.82) is 0 Å². The van der Waals surface area contributed by atoms with E-state index in [1.165, 1.54) is 11.0 Å². The van der Waals surface area contributed by atoms with E-state index in [-0.39, 0.29) is 17.4 Å². The summed E-state index contributed by atoms with van der Waals surface area (Å²) in [7, 11) is 1.69. The molecule has 1 rings (SSSR count). The maximum absolute atomic E-state index is 12.9. The quantitative estimate of drug-likeness (QED) is 0.720. The number of carbonyl (C=O) groups excluding carboxylic acids is 2. The summed E-state index contributed by atoms with van der Waals surface area (Å²) in [6.45, 7) is 14.4. The monoisotopic (exact) mass is 336 g/mol. The van der Waals surface area contributed by atoms with Crippen molar-refractivity contribution in [2.45, 2.75) is 78.3 Å². The molecule has 4 heteroatoms. The van der Waals surface area contributed by atoms with Crippen molar-refractivity contribution >= 4 is 11.8 Å². The Kier molecular flexibility index (Phi) is 7.50. The molecular formula is C20H36N2O2. The van der Waals surface area contributed by atoms with Gasteiger partial charge in [-0.1, -0.05) is 34.3 Å². The van der Waals surface area contributed by atoms with E-state index in [1.54, 1.807) is 7.05 Å². The molecule has 0 radical (unpaired) electrons. The van der Waals surface area contributed by atoms with E-state index in [2.05, 4.69) is 46.5 Å². The van der Waals surface area contributed by atoms with Gasteiger partial charge >= 0.3 is 0 Å². The zero-order chi connectivity index (χ0) is 18.5. The lowest BCUT2D eigenvalue weighted by Gasteiger charge is -2.41. The van der Waals surface area contributed by atoms with Crippen LogP contribution in [0.4, 0.5) is 0 Å². The minimum absolute atomic E-state index is 0.0353. The molecule has 0 aromatic carbocycles. The zero-order valence-electron chi connectivity index (χ0n) is 16.4. The van der Waals surface area contributed by atoms with Gasteiger partial charge in [0.1, 0.15) is 6.04 Å². The molecule has 1 fully saturated rings. The third-order valence-corrected chi connectivity index (χ3v) is 5.49. The van der Waals surface area contributed by atoms with Crippen molar-refractivity contribution in [2.75, 3.05) is 7.05 Å². The standard InChI is InChI=1S/C20H36N2O2/c1-8-18(23)22(7)17(13-14(2)3)19(24)21-20(6)11-9-16(10-12-20)15(4)5/h8,14-17H,1,9-13H2,2-7H3,(H,21,24)/t16?,17-,20?/m0/s1. The molecule has 1 atom stereocenters. The summed E-state index contributed by atoms with van der Waals surface area (Å²) in [6, 6.07) is -0.435. The molecule has 0 saturated heterocycles. The lowest BCUT2D eigenvalue weighted by molar-refractivity contribution is -0.137. The predicted octanol–water partition coefficient (Wildman–Crippen LogP) is 3.77. The molecule has 1 saturated carbocycles. The van der Waals surface area contributed by atoms with Crippen molar-refractivity contribution in [3.63, 3.8) is 0 Å². The number of hydrogen-bond acceptors (Lipinski definition) is 2. The highest BCUT2D eigenvalue weighted by molar-refractivity contribution is 5.92. The number of likely N-dealkylation sites (N-methyl/N-ethyl adjacent to an activating group) is 1. The number of nitrogens with one attached hydrogen (secondary N) is 1. The fraction of sp³-hybridized carbons (Fsp3) is 0.800. The average molecular weight is 337 g/mol. The second kappa shape index (κ2) is 8.68. The number of rotatable bonds is 7. The van der Waals surface area contributed by atoms with E-state index in [0.717, 1.165) is 31.6 Å². The highest BCUT2D eigenvalue weighted by Gasteiger charge is 2.36. The minimum atomic E-state index is -0.435. The Morgan fingerprint density at radius 3 is 2.21 bits per heavy atom. The van der Waals surface area contributed by atoms with Crippen LogP contribution in [-0.4, -0.2) is 35.3 Å². The molecule has 1 N–H and O–H groups in total. The zero-order valence-corrected chi connectivity index (χ0v) is 16.4. The first-order chi connectivity index (χ1) is 11.1. The second-order valence-corrected chi connectivity index (χ2v) is 8.43. The van der Waals surface area contributed by atoms with Gasteiger partial charge in [0.2, 0.25) is 11.8 Å². The summed E-state index contributed by atoms with van der Waals surface area (Å²) >= 11 is 0. The smallest absolute Gasteiger partial charge is 0.246 e. The summed E-state index contributed by atoms with van der Waals surface area (Å²) in [5.74, 6) is 1.56. The Hall–Kier alpha value is -1.32. The Morgan fingerprint density at radius 2 is 1.79 bits per heavy atom. The Bertz CT molecular complexity index is 449. The molecule has 4 nitrogen and oxygen atoms in total. The molecular weight excluding hydrogens is 300 g/mol. The second-order valence-electron chi connectivity index (χ2n) is 8.43.